The van der Waals surface area contributed by atoms with Crippen molar-refractivity contribution in [2.24, 2.45) is 0 Å². The highest BCUT2D eigenvalue weighted by Gasteiger charge is 2.21. The zero-order chi connectivity index (χ0) is 23.9. The number of likely N-dealkylation sites (tertiary alicyclic amines) is 1. The van der Waals surface area contributed by atoms with E-state index in [1.54, 1.807) is 26.4 Å². The Balaban J connectivity index is 1.31. The van der Waals surface area contributed by atoms with Gasteiger partial charge in [-0.05, 0) is 54.7 Å². The number of nitrogens with one attached hydrogen (secondary N) is 1. The lowest BCUT2D eigenvalue weighted by Crippen LogP contribution is -2.35. The normalized spacial score (nSPS) is 13.4. The van der Waals surface area contributed by atoms with Crippen molar-refractivity contribution in [2.75, 3.05) is 27.3 Å². The Morgan fingerprint density at radius 2 is 1.68 bits per heavy atom. The molecule has 1 N–H and O–H groups in total. The van der Waals surface area contributed by atoms with Crippen LogP contribution in [0.3, 0.4) is 0 Å². The highest BCUT2D eigenvalue weighted by Crippen LogP contribution is 2.27. The fraction of sp³-hybridized carbons (Fsp3) is 0.346. The van der Waals surface area contributed by atoms with Crippen molar-refractivity contribution in [1.29, 1.82) is 0 Å². The second kappa shape index (κ2) is 10.9. The topological polar surface area (TPSA) is 93.9 Å². The molecule has 0 aliphatic carbocycles. The number of hydrogen-bond donors (Lipinski definition) is 1. The Labute approximate surface area is 198 Å². The number of nitrogens with zero attached hydrogens (tertiary/aromatic N) is 2. The van der Waals surface area contributed by atoms with Gasteiger partial charge in [-0.25, -0.2) is 4.98 Å². The van der Waals surface area contributed by atoms with E-state index in [0.717, 1.165) is 49.0 Å². The number of hydrogen-bond acceptors (Lipinski definition) is 6. The minimum Gasteiger partial charge on any atom is -0.493 e. The lowest BCUT2D eigenvalue weighted by Gasteiger charge is -2.25. The van der Waals surface area contributed by atoms with Crippen LogP contribution in [0.25, 0.3) is 11.5 Å². The molecule has 178 valence electrons. The molecule has 4 rings (SSSR count). The molecule has 1 aromatic heterocycles. The van der Waals surface area contributed by atoms with Crippen molar-refractivity contribution in [3.05, 3.63) is 65.5 Å². The molecule has 2 heterocycles. The molecule has 0 bridgehead atoms. The first-order valence-corrected chi connectivity index (χ1v) is 11.4. The highest BCUT2D eigenvalue weighted by atomic mass is 16.5. The van der Waals surface area contributed by atoms with Crippen molar-refractivity contribution < 1.29 is 23.5 Å². The molecule has 3 aromatic rings. The summed E-state index contributed by atoms with van der Waals surface area (Å²) in [5, 5.41) is 2.93. The molecule has 0 atom stereocenters. The van der Waals surface area contributed by atoms with Crippen LogP contribution in [0.5, 0.6) is 11.5 Å². The molecule has 8 heteroatoms. The molecule has 1 aliphatic rings. The van der Waals surface area contributed by atoms with Gasteiger partial charge in [0.25, 0.3) is 5.91 Å². The molecule has 8 nitrogen and oxygen atoms in total. The van der Waals surface area contributed by atoms with E-state index in [-0.39, 0.29) is 18.2 Å². The van der Waals surface area contributed by atoms with Gasteiger partial charge in [0.1, 0.15) is 6.26 Å². The third-order valence-corrected chi connectivity index (χ3v) is 5.87. The molecule has 1 saturated heterocycles. The highest BCUT2D eigenvalue weighted by molar-refractivity contribution is 5.92. The number of benzene rings is 2. The van der Waals surface area contributed by atoms with Gasteiger partial charge in [-0.1, -0.05) is 18.2 Å². The molecule has 2 aromatic carbocycles. The van der Waals surface area contributed by atoms with E-state index in [9.17, 15) is 9.59 Å². The SMILES string of the molecule is COc1ccc(CC(=O)NCc2ccc(-c3nc(C(=O)N4CCCCC4)co3)cc2)cc1OC. The predicted octanol–water partition coefficient (Wildman–Crippen LogP) is 3.84. The van der Waals surface area contributed by atoms with Crippen LogP contribution in [-0.4, -0.2) is 49.0 Å². The van der Waals surface area contributed by atoms with Crippen molar-refractivity contribution in [3.8, 4) is 23.0 Å². The molecule has 1 fully saturated rings. The second-order valence-electron chi connectivity index (χ2n) is 8.23. The van der Waals surface area contributed by atoms with Crippen LogP contribution in [0.1, 0.15) is 40.9 Å². The Morgan fingerprint density at radius 1 is 0.971 bits per heavy atom. The van der Waals surface area contributed by atoms with Gasteiger partial charge in [-0.2, -0.15) is 0 Å². The standard InChI is InChI=1S/C26H29N3O5/c1-32-22-11-8-19(14-23(22)33-2)15-24(30)27-16-18-6-9-20(10-7-18)25-28-21(17-34-25)26(31)29-12-4-3-5-13-29/h6-11,14,17H,3-5,12-13,15-16H2,1-2H3,(H,27,30). The van der Waals surface area contributed by atoms with E-state index in [1.807, 2.05) is 35.2 Å². The number of aromatic nitrogens is 1. The molecule has 1 aliphatic heterocycles. The molecule has 34 heavy (non-hydrogen) atoms. The van der Waals surface area contributed by atoms with Crippen LogP contribution in [0.4, 0.5) is 0 Å². The predicted molar refractivity (Wildman–Crippen MR) is 127 cm³/mol. The lowest BCUT2D eigenvalue weighted by atomic mass is 10.1. The first-order valence-electron chi connectivity index (χ1n) is 11.4. The summed E-state index contributed by atoms with van der Waals surface area (Å²) in [6.07, 6.45) is 4.89. The molecule has 0 radical (unpaired) electrons. The number of oxazole rings is 1. The number of carbonyl (C=O) groups excluding carboxylic acids is 2. The molecule has 0 unspecified atom stereocenters. The fourth-order valence-corrected chi connectivity index (χ4v) is 3.97. The summed E-state index contributed by atoms with van der Waals surface area (Å²) in [5.41, 5.74) is 2.89. The van der Waals surface area contributed by atoms with Gasteiger partial charge in [0.15, 0.2) is 17.2 Å². The van der Waals surface area contributed by atoms with Gasteiger partial charge in [0, 0.05) is 25.2 Å². The van der Waals surface area contributed by atoms with Gasteiger partial charge >= 0.3 is 0 Å². The summed E-state index contributed by atoms with van der Waals surface area (Å²) in [7, 11) is 3.14. The van der Waals surface area contributed by atoms with E-state index in [0.29, 0.717) is 29.6 Å². The van der Waals surface area contributed by atoms with Crippen LogP contribution in [0, 0.1) is 0 Å². The number of methoxy groups -OCH3 is 2. The largest absolute Gasteiger partial charge is 0.493 e. The Bertz CT molecular complexity index is 1130. The number of ether oxygens (including phenoxy) is 2. The van der Waals surface area contributed by atoms with Crippen molar-refractivity contribution in [1.82, 2.24) is 15.2 Å². The van der Waals surface area contributed by atoms with Crippen LogP contribution in [0.15, 0.2) is 53.1 Å². The maximum absolute atomic E-state index is 12.6. The van der Waals surface area contributed by atoms with Crippen molar-refractivity contribution >= 4 is 11.8 Å². The molecule has 2 amide bonds. The zero-order valence-electron chi connectivity index (χ0n) is 19.5. The van der Waals surface area contributed by atoms with E-state index in [1.165, 1.54) is 6.26 Å². The molecular formula is C26H29N3O5. The van der Waals surface area contributed by atoms with Crippen LogP contribution >= 0.6 is 0 Å². The van der Waals surface area contributed by atoms with Crippen molar-refractivity contribution in [3.63, 3.8) is 0 Å². The molecule has 0 spiro atoms. The van der Waals surface area contributed by atoms with E-state index in [4.69, 9.17) is 13.9 Å². The van der Waals surface area contributed by atoms with Gasteiger partial charge in [-0.15, -0.1) is 0 Å². The average molecular weight is 464 g/mol. The number of piperidine rings is 1. The summed E-state index contributed by atoms with van der Waals surface area (Å²) < 4.78 is 16.1. The Hall–Kier alpha value is -3.81. The van der Waals surface area contributed by atoms with E-state index in [2.05, 4.69) is 10.3 Å². The van der Waals surface area contributed by atoms with Gasteiger partial charge in [-0.3, -0.25) is 9.59 Å². The summed E-state index contributed by atoms with van der Waals surface area (Å²) in [4.78, 5) is 31.2. The first-order chi connectivity index (χ1) is 16.6. The molecular weight excluding hydrogens is 434 g/mol. The first kappa shape index (κ1) is 23.4. The smallest absolute Gasteiger partial charge is 0.275 e. The summed E-state index contributed by atoms with van der Waals surface area (Å²) in [5.74, 6) is 1.45. The third kappa shape index (κ3) is 5.57. The van der Waals surface area contributed by atoms with Crippen LogP contribution < -0.4 is 14.8 Å². The summed E-state index contributed by atoms with van der Waals surface area (Å²) in [6, 6.07) is 13.0. The maximum Gasteiger partial charge on any atom is 0.275 e. The monoisotopic (exact) mass is 463 g/mol. The molecule has 0 saturated carbocycles. The van der Waals surface area contributed by atoms with Gasteiger partial charge < -0.3 is 24.1 Å². The minimum absolute atomic E-state index is 0.0801. The minimum atomic E-state index is -0.0927. The average Bonchev–Trinajstić information content (AvgIpc) is 3.38. The number of amides is 2. The van der Waals surface area contributed by atoms with Crippen LogP contribution in [-0.2, 0) is 17.8 Å². The van der Waals surface area contributed by atoms with Gasteiger partial charge in [0.05, 0.1) is 20.6 Å². The summed E-state index contributed by atoms with van der Waals surface area (Å²) >= 11 is 0. The lowest BCUT2D eigenvalue weighted by molar-refractivity contribution is -0.120. The van der Waals surface area contributed by atoms with Crippen LogP contribution in [0.2, 0.25) is 0 Å². The summed E-state index contributed by atoms with van der Waals surface area (Å²) in [6.45, 7) is 1.94. The Morgan fingerprint density at radius 3 is 2.38 bits per heavy atom. The van der Waals surface area contributed by atoms with E-state index < -0.39 is 0 Å². The Kier molecular flexibility index (Phi) is 7.47. The van der Waals surface area contributed by atoms with E-state index >= 15 is 0 Å². The van der Waals surface area contributed by atoms with Gasteiger partial charge in [0.2, 0.25) is 11.8 Å². The zero-order valence-corrected chi connectivity index (χ0v) is 19.5. The third-order valence-electron chi connectivity index (χ3n) is 5.87. The number of carbonyl (C=O) groups is 2. The fourth-order valence-electron chi connectivity index (χ4n) is 3.97. The maximum atomic E-state index is 12.6. The number of rotatable bonds is 8. The van der Waals surface area contributed by atoms with Crippen molar-refractivity contribution in [2.45, 2.75) is 32.2 Å². The quantitative estimate of drug-likeness (QED) is 0.546. The second-order valence-corrected chi connectivity index (χ2v) is 8.23.